The van der Waals surface area contributed by atoms with Gasteiger partial charge in [-0.05, 0) is 21.9 Å². The second kappa shape index (κ2) is 4.92. The minimum absolute atomic E-state index is 0.0956. The topological polar surface area (TPSA) is 95.2 Å². The molecular formula is C18H6N4. The largest absolute Gasteiger partial charge is 0.192 e. The lowest BCUT2D eigenvalue weighted by Gasteiger charge is -2.03. The van der Waals surface area contributed by atoms with Crippen LogP contribution in [0, 0.1) is 45.3 Å². The Hall–Kier alpha value is -3.86. The van der Waals surface area contributed by atoms with Crippen LogP contribution in [0.2, 0.25) is 0 Å². The summed E-state index contributed by atoms with van der Waals surface area (Å²) >= 11 is 0. The first-order valence-corrected chi connectivity index (χ1v) is 6.38. The van der Waals surface area contributed by atoms with Crippen molar-refractivity contribution in [1.29, 1.82) is 21.0 Å². The average molecular weight is 278 g/mol. The standard InChI is InChI=1S/C18H6N4/c19-7-12(8-20)17-14-5-1-3-11-4-2-6-15(16(11)14)18(17)13(9-21)10-22/h1-6H. The minimum Gasteiger partial charge on any atom is -0.192 e. The van der Waals surface area contributed by atoms with Crippen LogP contribution in [0.25, 0.3) is 21.9 Å². The highest BCUT2D eigenvalue weighted by Crippen LogP contribution is 2.48. The number of hydrogen-bond donors (Lipinski definition) is 0. The molecule has 4 heteroatoms. The molecule has 0 heterocycles. The van der Waals surface area contributed by atoms with Gasteiger partial charge in [0, 0.05) is 11.1 Å². The molecule has 0 aliphatic heterocycles. The fraction of sp³-hybridized carbons (Fsp3) is 0. The van der Waals surface area contributed by atoms with Gasteiger partial charge in [0.2, 0.25) is 0 Å². The molecule has 3 rings (SSSR count). The molecule has 22 heavy (non-hydrogen) atoms. The van der Waals surface area contributed by atoms with Gasteiger partial charge in [-0.3, -0.25) is 0 Å². The molecule has 0 bridgehead atoms. The Kier molecular flexibility index (Phi) is 2.94. The summed E-state index contributed by atoms with van der Waals surface area (Å²) in [6.45, 7) is 0. The van der Waals surface area contributed by atoms with Gasteiger partial charge in [0.05, 0.1) is 0 Å². The molecule has 0 atom stereocenters. The summed E-state index contributed by atoms with van der Waals surface area (Å²) in [6, 6.07) is 18.6. The van der Waals surface area contributed by atoms with Gasteiger partial charge in [-0.15, -0.1) is 0 Å². The molecule has 0 fully saturated rings. The Labute approximate surface area is 126 Å². The fourth-order valence-electron chi connectivity index (χ4n) is 2.82. The van der Waals surface area contributed by atoms with Crippen LogP contribution in [0.3, 0.4) is 0 Å². The molecular weight excluding hydrogens is 272 g/mol. The van der Waals surface area contributed by atoms with E-state index in [0.29, 0.717) is 22.3 Å². The van der Waals surface area contributed by atoms with E-state index in [9.17, 15) is 21.0 Å². The van der Waals surface area contributed by atoms with Crippen LogP contribution in [0.4, 0.5) is 0 Å². The summed E-state index contributed by atoms with van der Waals surface area (Å²) in [5.41, 5.74) is 1.97. The monoisotopic (exact) mass is 278 g/mol. The number of allylic oxidation sites excluding steroid dienone is 4. The number of nitriles is 4. The maximum absolute atomic E-state index is 9.25. The van der Waals surface area contributed by atoms with Gasteiger partial charge in [0.15, 0.2) is 0 Å². The molecule has 4 nitrogen and oxygen atoms in total. The molecule has 0 radical (unpaired) electrons. The summed E-state index contributed by atoms with van der Waals surface area (Å²) < 4.78 is 0. The molecule has 98 valence electrons. The molecule has 1 aliphatic carbocycles. The van der Waals surface area contributed by atoms with Crippen molar-refractivity contribution in [3.8, 4) is 24.3 Å². The van der Waals surface area contributed by atoms with E-state index in [0.717, 1.165) is 10.8 Å². The summed E-state index contributed by atoms with van der Waals surface area (Å²) in [4.78, 5) is 0. The first-order valence-electron chi connectivity index (χ1n) is 6.38. The smallest absolute Gasteiger partial charge is 0.138 e. The van der Waals surface area contributed by atoms with E-state index in [2.05, 4.69) is 0 Å². The molecule has 2 aromatic carbocycles. The summed E-state index contributed by atoms with van der Waals surface area (Å²) in [7, 11) is 0. The van der Waals surface area contributed by atoms with Crippen LogP contribution in [0.5, 0.6) is 0 Å². The summed E-state index contributed by atoms with van der Waals surface area (Å²) in [6.07, 6.45) is 0. The number of benzene rings is 2. The van der Waals surface area contributed by atoms with Gasteiger partial charge < -0.3 is 0 Å². The van der Waals surface area contributed by atoms with Crippen LogP contribution < -0.4 is 0 Å². The van der Waals surface area contributed by atoms with Gasteiger partial charge in [-0.25, -0.2) is 0 Å². The van der Waals surface area contributed by atoms with Crippen molar-refractivity contribution < 1.29 is 0 Å². The Balaban J connectivity index is 2.62. The Morgan fingerprint density at radius 1 is 0.636 bits per heavy atom. The third kappa shape index (κ3) is 1.60. The fourth-order valence-corrected chi connectivity index (χ4v) is 2.82. The molecule has 1 aliphatic rings. The van der Waals surface area contributed by atoms with Crippen molar-refractivity contribution in [1.82, 2.24) is 0 Å². The predicted molar refractivity (Wildman–Crippen MR) is 80.2 cm³/mol. The molecule has 0 spiro atoms. The van der Waals surface area contributed by atoms with E-state index in [1.54, 1.807) is 12.1 Å². The third-order valence-corrected chi connectivity index (χ3v) is 3.64. The van der Waals surface area contributed by atoms with Gasteiger partial charge >= 0.3 is 0 Å². The molecule has 2 aromatic rings. The van der Waals surface area contributed by atoms with E-state index in [-0.39, 0.29) is 11.1 Å². The highest BCUT2D eigenvalue weighted by atomic mass is 14.4. The van der Waals surface area contributed by atoms with E-state index < -0.39 is 0 Å². The normalized spacial score (nSPS) is 11.3. The van der Waals surface area contributed by atoms with Crippen molar-refractivity contribution in [2.75, 3.05) is 0 Å². The highest BCUT2D eigenvalue weighted by Gasteiger charge is 2.29. The zero-order chi connectivity index (χ0) is 15.7. The highest BCUT2D eigenvalue weighted by molar-refractivity contribution is 6.25. The van der Waals surface area contributed by atoms with Crippen LogP contribution in [0.15, 0.2) is 47.5 Å². The van der Waals surface area contributed by atoms with Crippen molar-refractivity contribution >= 4 is 21.9 Å². The second-order valence-electron chi connectivity index (χ2n) is 4.66. The quantitative estimate of drug-likeness (QED) is 0.689. The van der Waals surface area contributed by atoms with E-state index in [1.165, 1.54) is 0 Å². The molecule has 0 amide bonds. The Morgan fingerprint density at radius 2 is 1.05 bits per heavy atom. The van der Waals surface area contributed by atoms with Gasteiger partial charge in [-0.1, -0.05) is 36.4 Å². The number of nitrogens with zero attached hydrogens (tertiary/aromatic N) is 4. The SMILES string of the molecule is N#CC(C#N)=C1C(=C(C#N)C#N)c2cccc3cccc1c23. The van der Waals surface area contributed by atoms with E-state index >= 15 is 0 Å². The number of hydrogen-bond acceptors (Lipinski definition) is 4. The minimum atomic E-state index is -0.0956. The van der Waals surface area contributed by atoms with Crippen molar-refractivity contribution in [2.45, 2.75) is 0 Å². The third-order valence-electron chi connectivity index (χ3n) is 3.64. The van der Waals surface area contributed by atoms with Crippen molar-refractivity contribution in [2.24, 2.45) is 0 Å². The molecule has 0 saturated carbocycles. The maximum atomic E-state index is 9.25. The van der Waals surface area contributed by atoms with E-state index in [4.69, 9.17) is 0 Å². The lowest BCUT2D eigenvalue weighted by molar-refractivity contribution is 1.45. The first kappa shape index (κ1) is 13.1. The first-order chi connectivity index (χ1) is 10.8. The summed E-state index contributed by atoms with van der Waals surface area (Å²) in [5, 5.41) is 38.8. The lowest BCUT2D eigenvalue weighted by atomic mass is 9.94. The number of rotatable bonds is 0. The van der Waals surface area contributed by atoms with Gasteiger partial charge in [0.25, 0.3) is 0 Å². The van der Waals surface area contributed by atoms with E-state index in [1.807, 2.05) is 48.5 Å². The van der Waals surface area contributed by atoms with Crippen LogP contribution in [-0.4, -0.2) is 0 Å². The Bertz CT molecular complexity index is 943. The van der Waals surface area contributed by atoms with Gasteiger partial charge in [0.1, 0.15) is 35.4 Å². The predicted octanol–water partition coefficient (Wildman–Crippen LogP) is 3.45. The average Bonchev–Trinajstić information content (AvgIpc) is 2.88. The van der Waals surface area contributed by atoms with Crippen molar-refractivity contribution in [3.63, 3.8) is 0 Å². The van der Waals surface area contributed by atoms with Crippen LogP contribution in [-0.2, 0) is 0 Å². The molecule has 0 unspecified atom stereocenters. The molecule has 0 N–H and O–H groups in total. The lowest BCUT2D eigenvalue weighted by Crippen LogP contribution is -1.90. The second-order valence-corrected chi connectivity index (χ2v) is 4.66. The Morgan fingerprint density at radius 3 is 1.41 bits per heavy atom. The molecule has 0 aromatic heterocycles. The zero-order valence-electron chi connectivity index (χ0n) is 11.3. The maximum Gasteiger partial charge on any atom is 0.138 e. The zero-order valence-corrected chi connectivity index (χ0v) is 11.3. The molecule has 0 saturated heterocycles. The van der Waals surface area contributed by atoms with Crippen LogP contribution in [0.1, 0.15) is 11.1 Å². The van der Waals surface area contributed by atoms with Crippen LogP contribution >= 0.6 is 0 Å². The van der Waals surface area contributed by atoms with Crippen molar-refractivity contribution in [3.05, 3.63) is 58.7 Å². The van der Waals surface area contributed by atoms with Gasteiger partial charge in [-0.2, -0.15) is 21.0 Å². The summed E-state index contributed by atoms with van der Waals surface area (Å²) in [5.74, 6) is 0.